The standard InChI is InChI=1S/C10H8ClN3O2/c1-6-4-7(5-16-6)10(15)12-9-3-2-8(11)13-14-9/h2-5H,1H3,(H,12,14,15). The lowest BCUT2D eigenvalue weighted by atomic mass is 10.3. The number of halogens is 1. The van der Waals surface area contributed by atoms with Crippen LogP contribution in [0.1, 0.15) is 16.1 Å². The smallest absolute Gasteiger partial charge is 0.260 e. The van der Waals surface area contributed by atoms with Crippen LogP contribution in [0.15, 0.2) is 28.9 Å². The molecule has 0 aromatic carbocycles. The van der Waals surface area contributed by atoms with Gasteiger partial charge < -0.3 is 9.73 Å². The van der Waals surface area contributed by atoms with Crippen LogP contribution in [-0.2, 0) is 0 Å². The molecule has 0 saturated heterocycles. The monoisotopic (exact) mass is 237 g/mol. The van der Waals surface area contributed by atoms with E-state index in [1.54, 1.807) is 25.1 Å². The fraction of sp³-hybridized carbons (Fsp3) is 0.100. The van der Waals surface area contributed by atoms with Gasteiger partial charge in [0.25, 0.3) is 5.91 Å². The molecule has 2 aromatic heterocycles. The Balaban J connectivity index is 2.10. The fourth-order valence-corrected chi connectivity index (χ4v) is 1.23. The van der Waals surface area contributed by atoms with Crippen LogP contribution in [0.3, 0.4) is 0 Å². The first-order chi connectivity index (χ1) is 7.65. The molecular weight excluding hydrogens is 230 g/mol. The number of carbonyl (C=O) groups excluding carboxylic acids is 1. The molecule has 2 rings (SSSR count). The highest BCUT2D eigenvalue weighted by Gasteiger charge is 2.09. The number of anilines is 1. The molecule has 0 radical (unpaired) electrons. The Morgan fingerprint density at radius 3 is 2.81 bits per heavy atom. The predicted molar refractivity (Wildman–Crippen MR) is 58.4 cm³/mol. The Bertz CT molecular complexity index is 507. The number of amides is 1. The minimum absolute atomic E-state index is 0.275. The van der Waals surface area contributed by atoms with Gasteiger partial charge in [-0.3, -0.25) is 4.79 Å². The number of aryl methyl sites for hydroxylation is 1. The third kappa shape index (κ3) is 2.38. The molecule has 0 spiro atoms. The maximum atomic E-state index is 11.6. The normalized spacial score (nSPS) is 10.1. The summed E-state index contributed by atoms with van der Waals surface area (Å²) in [5.41, 5.74) is 0.439. The first-order valence-electron chi connectivity index (χ1n) is 4.51. The predicted octanol–water partition coefficient (Wildman–Crippen LogP) is 2.28. The minimum atomic E-state index is -0.298. The lowest BCUT2D eigenvalue weighted by Gasteiger charge is -2.00. The molecule has 1 amide bonds. The quantitative estimate of drug-likeness (QED) is 0.870. The van der Waals surface area contributed by atoms with Crippen molar-refractivity contribution < 1.29 is 9.21 Å². The molecule has 16 heavy (non-hydrogen) atoms. The third-order valence-corrected chi connectivity index (χ3v) is 2.07. The van der Waals surface area contributed by atoms with Crippen LogP contribution in [0.25, 0.3) is 0 Å². The average molecular weight is 238 g/mol. The SMILES string of the molecule is Cc1cc(C(=O)Nc2ccc(Cl)nn2)co1. The summed E-state index contributed by atoms with van der Waals surface area (Å²) in [6.45, 7) is 1.76. The molecule has 0 atom stereocenters. The topological polar surface area (TPSA) is 68.0 Å². The van der Waals surface area contributed by atoms with Crippen molar-refractivity contribution in [2.75, 3.05) is 5.32 Å². The van der Waals surface area contributed by atoms with E-state index < -0.39 is 0 Å². The number of nitrogens with zero attached hydrogens (tertiary/aromatic N) is 2. The maximum Gasteiger partial charge on any atom is 0.260 e. The van der Waals surface area contributed by atoms with Crippen LogP contribution >= 0.6 is 11.6 Å². The van der Waals surface area contributed by atoms with Gasteiger partial charge in [0.05, 0.1) is 5.56 Å². The second kappa shape index (κ2) is 4.32. The summed E-state index contributed by atoms with van der Waals surface area (Å²) in [6.07, 6.45) is 1.38. The van der Waals surface area contributed by atoms with Gasteiger partial charge in [-0.25, -0.2) is 0 Å². The Morgan fingerprint density at radius 1 is 1.44 bits per heavy atom. The molecule has 0 aliphatic heterocycles. The van der Waals surface area contributed by atoms with Crippen molar-refractivity contribution in [3.8, 4) is 0 Å². The van der Waals surface area contributed by atoms with E-state index in [9.17, 15) is 4.79 Å². The number of aromatic nitrogens is 2. The van der Waals surface area contributed by atoms with Crippen LogP contribution in [0.4, 0.5) is 5.82 Å². The number of rotatable bonds is 2. The van der Waals surface area contributed by atoms with E-state index in [0.717, 1.165) is 0 Å². The first-order valence-corrected chi connectivity index (χ1v) is 4.88. The largest absolute Gasteiger partial charge is 0.469 e. The van der Waals surface area contributed by atoms with Crippen LogP contribution in [-0.4, -0.2) is 16.1 Å². The van der Waals surface area contributed by atoms with Crippen molar-refractivity contribution in [1.82, 2.24) is 10.2 Å². The zero-order valence-electron chi connectivity index (χ0n) is 8.40. The number of hydrogen-bond acceptors (Lipinski definition) is 4. The lowest BCUT2D eigenvalue weighted by Crippen LogP contribution is -2.12. The highest BCUT2D eigenvalue weighted by molar-refractivity contribution is 6.29. The zero-order chi connectivity index (χ0) is 11.5. The second-order valence-corrected chi connectivity index (χ2v) is 3.53. The Kier molecular flexibility index (Phi) is 2.87. The third-order valence-electron chi connectivity index (χ3n) is 1.87. The van der Waals surface area contributed by atoms with Gasteiger partial charge in [0, 0.05) is 0 Å². The van der Waals surface area contributed by atoms with Crippen LogP contribution in [0.2, 0.25) is 5.15 Å². The van der Waals surface area contributed by atoms with E-state index in [1.165, 1.54) is 6.26 Å². The van der Waals surface area contributed by atoms with Gasteiger partial charge in [0.1, 0.15) is 12.0 Å². The van der Waals surface area contributed by atoms with Crippen LogP contribution < -0.4 is 5.32 Å². The molecule has 2 heterocycles. The summed E-state index contributed by atoms with van der Waals surface area (Å²) in [4.78, 5) is 11.6. The molecule has 0 aliphatic carbocycles. The van der Waals surface area contributed by atoms with Gasteiger partial charge in [0.15, 0.2) is 11.0 Å². The number of hydrogen-bond donors (Lipinski definition) is 1. The molecule has 0 fully saturated rings. The van der Waals surface area contributed by atoms with Crippen molar-refractivity contribution in [2.45, 2.75) is 6.92 Å². The Morgan fingerprint density at radius 2 is 2.25 bits per heavy atom. The average Bonchev–Trinajstić information content (AvgIpc) is 2.68. The molecule has 0 aliphatic rings. The lowest BCUT2D eigenvalue weighted by molar-refractivity contribution is 0.102. The van der Waals surface area contributed by atoms with Crippen LogP contribution in [0.5, 0.6) is 0 Å². The summed E-state index contributed by atoms with van der Waals surface area (Å²) in [6, 6.07) is 4.75. The van der Waals surface area contributed by atoms with Crippen molar-refractivity contribution in [3.63, 3.8) is 0 Å². The van der Waals surface area contributed by atoms with E-state index >= 15 is 0 Å². The van der Waals surface area contributed by atoms with E-state index in [2.05, 4.69) is 15.5 Å². The maximum absolute atomic E-state index is 11.6. The zero-order valence-corrected chi connectivity index (χ0v) is 9.15. The van der Waals surface area contributed by atoms with Gasteiger partial charge in [-0.1, -0.05) is 11.6 Å². The molecule has 0 saturated carbocycles. The van der Waals surface area contributed by atoms with Gasteiger partial charge in [0.2, 0.25) is 0 Å². The Labute approximate surface area is 96.4 Å². The first kappa shape index (κ1) is 10.6. The van der Waals surface area contributed by atoms with E-state index in [-0.39, 0.29) is 11.1 Å². The number of carbonyl (C=O) groups is 1. The van der Waals surface area contributed by atoms with Crippen molar-refractivity contribution >= 4 is 23.3 Å². The molecule has 0 unspecified atom stereocenters. The molecular formula is C10H8ClN3O2. The molecule has 1 N–H and O–H groups in total. The summed E-state index contributed by atoms with van der Waals surface area (Å²) in [5, 5.41) is 10.2. The fourth-order valence-electron chi connectivity index (χ4n) is 1.13. The van der Waals surface area contributed by atoms with E-state index in [4.69, 9.17) is 16.0 Å². The number of nitrogens with one attached hydrogen (secondary N) is 1. The second-order valence-electron chi connectivity index (χ2n) is 3.14. The molecule has 6 heteroatoms. The van der Waals surface area contributed by atoms with Crippen molar-refractivity contribution in [3.05, 3.63) is 40.9 Å². The summed E-state index contributed by atoms with van der Waals surface area (Å²) < 4.78 is 5.02. The van der Waals surface area contributed by atoms with Gasteiger partial charge in [-0.15, -0.1) is 10.2 Å². The van der Waals surface area contributed by atoms with Crippen LogP contribution in [0, 0.1) is 6.92 Å². The summed E-state index contributed by atoms with van der Waals surface area (Å²) >= 11 is 5.57. The molecule has 0 bridgehead atoms. The van der Waals surface area contributed by atoms with E-state index in [1.807, 2.05) is 0 Å². The summed E-state index contributed by atoms with van der Waals surface area (Å²) in [5.74, 6) is 0.717. The minimum Gasteiger partial charge on any atom is -0.469 e. The van der Waals surface area contributed by atoms with Crippen molar-refractivity contribution in [1.29, 1.82) is 0 Å². The van der Waals surface area contributed by atoms with Crippen molar-refractivity contribution in [2.24, 2.45) is 0 Å². The van der Waals surface area contributed by atoms with Gasteiger partial charge >= 0.3 is 0 Å². The van der Waals surface area contributed by atoms with Gasteiger partial charge in [-0.2, -0.15) is 0 Å². The summed E-state index contributed by atoms with van der Waals surface area (Å²) in [7, 11) is 0. The molecule has 5 nitrogen and oxygen atoms in total. The molecule has 82 valence electrons. The number of furan rings is 1. The van der Waals surface area contributed by atoms with E-state index in [0.29, 0.717) is 17.1 Å². The Hall–Kier alpha value is -1.88. The highest BCUT2D eigenvalue weighted by atomic mass is 35.5. The molecule has 2 aromatic rings. The van der Waals surface area contributed by atoms with Gasteiger partial charge in [-0.05, 0) is 25.1 Å². The highest BCUT2D eigenvalue weighted by Crippen LogP contribution is 2.10.